The van der Waals surface area contributed by atoms with Gasteiger partial charge in [-0.25, -0.2) is 0 Å². The van der Waals surface area contributed by atoms with Crippen LogP contribution in [-0.4, -0.2) is 55.4 Å². The van der Waals surface area contributed by atoms with E-state index in [1.165, 1.54) is 83.6 Å². The number of nitrogens with zero attached hydrogens (tertiary/aromatic N) is 2. The van der Waals surface area contributed by atoms with Crippen LogP contribution in [0.4, 0.5) is 0 Å². The lowest BCUT2D eigenvalue weighted by atomic mass is 10.1. The van der Waals surface area contributed by atoms with E-state index < -0.39 is 0 Å². The molecule has 0 saturated carbocycles. The van der Waals surface area contributed by atoms with Gasteiger partial charge < -0.3 is 4.90 Å². The zero-order chi connectivity index (χ0) is 16.6. The van der Waals surface area contributed by atoms with Crippen molar-refractivity contribution in [1.82, 2.24) is 9.80 Å². The highest BCUT2D eigenvalue weighted by molar-refractivity contribution is 5.53. The Bertz CT molecular complexity index is 262. The van der Waals surface area contributed by atoms with E-state index in [0.29, 0.717) is 6.54 Å². The molecule has 0 N–H and O–H groups in total. The predicted octanol–water partition coefficient (Wildman–Crippen LogP) is 4.41. The Morgan fingerprint density at radius 2 is 1.09 bits per heavy atom. The van der Waals surface area contributed by atoms with Crippen molar-refractivity contribution in [3.8, 4) is 0 Å². The van der Waals surface area contributed by atoms with Crippen LogP contribution in [0.15, 0.2) is 0 Å². The second kappa shape index (κ2) is 15.1. The summed E-state index contributed by atoms with van der Waals surface area (Å²) < 4.78 is 0. The highest BCUT2D eigenvalue weighted by Gasteiger charge is 2.15. The van der Waals surface area contributed by atoms with Crippen LogP contribution < -0.4 is 0 Å². The molecule has 0 atom stereocenters. The van der Waals surface area contributed by atoms with Crippen LogP contribution in [0.2, 0.25) is 0 Å². The fourth-order valence-corrected chi connectivity index (χ4v) is 3.44. The smallest absolute Gasteiger partial charge is 0.213 e. The number of unbranched alkanes of at least 4 members (excludes halogenated alkanes) is 11. The van der Waals surface area contributed by atoms with Gasteiger partial charge in [0, 0.05) is 26.2 Å². The average Bonchev–Trinajstić information content (AvgIpc) is 2.57. The zero-order valence-electron chi connectivity index (χ0n) is 15.5. The third-order valence-corrected chi connectivity index (χ3v) is 5.08. The Morgan fingerprint density at radius 3 is 1.57 bits per heavy atom. The van der Waals surface area contributed by atoms with Crippen LogP contribution in [-0.2, 0) is 4.79 Å². The molecule has 1 aliphatic heterocycles. The van der Waals surface area contributed by atoms with Gasteiger partial charge >= 0.3 is 0 Å². The molecule has 1 radical (unpaired) electrons. The minimum atomic E-state index is 0.493. The summed E-state index contributed by atoms with van der Waals surface area (Å²) in [5.74, 6) is 0. The third-order valence-electron chi connectivity index (χ3n) is 5.08. The van der Waals surface area contributed by atoms with Crippen molar-refractivity contribution < 1.29 is 4.79 Å². The highest BCUT2D eigenvalue weighted by atomic mass is 16.1. The van der Waals surface area contributed by atoms with Gasteiger partial charge in [-0.1, -0.05) is 77.6 Å². The van der Waals surface area contributed by atoms with Gasteiger partial charge in [-0.2, -0.15) is 0 Å². The molecule has 0 spiro atoms. The lowest BCUT2D eigenvalue weighted by Crippen LogP contribution is -2.46. The molecule has 135 valence electrons. The molecule has 23 heavy (non-hydrogen) atoms. The fraction of sp³-hybridized carbons (Fsp3) is 0.950. The highest BCUT2D eigenvalue weighted by Crippen LogP contribution is 2.12. The van der Waals surface area contributed by atoms with Crippen LogP contribution in [0.25, 0.3) is 0 Å². The van der Waals surface area contributed by atoms with Crippen molar-refractivity contribution in [2.24, 2.45) is 0 Å². The normalized spacial score (nSPS) is 16.7. The summed E-state index contributed by atoms with van der Waals surface area (Å²) in [6.45, 7) is 8.34. The molecule has 0 aromatic rings. The van der Waals surface area contributed by atoms with Crippen molar-refractivity contribution in [2.45, 2.75) is 84.0 Å². The Balaban J connectivity index is 1.77. The van der Waals surface area contributed by atoms with Crippen molar-refractivity contribution >= 4 is 6.29 Å². The quantitative estimate of drug-likeness (QED) is 0.417. The van der Waals surface area contributed by atoms with E-state index in [4.69, 9.17) is 0 Å². The van der Waals surface area contributed by atoms with E-state index in [1.54, 1.807) is 0 Å². The Hall–Kier alpha value is -0.410. The summed E-state index contributed by atoms with van der Waals surface area (Å²) in [5, 5.41) is 0. The van der Waals surface area contributed by atoms with Crippen LogP contribution in [0.1, 0.15) is 84.0 Å². The molecule has 1 rings (SSSR count). The first kappa shape index (κ1) is 20.6. The van der Waals surface area contributed by atoms with Gasteiger partial charge in [-0.3, -0.25) is 9.69 Å². The topological polar surface area (TPSA) is 23.6 Å². The standard InChI is InChI=1S/C20H39N2O/c1-2-3-4-5-6-7-8-9-10-11-12-13-14-21-15-17-22(18-16-21)19-20-23/h2-19H2,1H3. The molecular formula is C20H39N2O. The summed E-state index contributed by atoms with van der Waals surface area (Å²) in [6, 6.07) is 0. The van der Waals surface area contributed by atoms with Crippen LogP contribution in [0, 0.1) is 0 Å². The molecule has 0 aromatic heterocycles. The SMILES string of the molecule is CCCCCCCCCCCCCCN1CCN(C[C]=O)CC1. The second-order valence-corrected chi connectivity index (χ2v) is 7.15. The lowest BCUT2D eigenvalue weighted by molar-refractivity contribution is 0.143. The first-order valence-corrected chi connectivity index (χ1v) is 10.2. The molecule has 0 aromatic carbocycles. The van der Waals surface area contributed by atoms with Gasteiger partial charge in [0.05, 0.1) is 6.54 Å². The molecular weight excluding hydrogens is 284 g/mol. The van der Waals surface area contributed by atoms with Crippen molar-refractivity contribution in [3.05, 3.63) is 0 Å². The van der Waals surface area contributed by atoms with Crippen molar-refractivity contribution in [1.29, 1.82) is 0 Å². The summed E-state index contributed by atoms with van der Waals surface area (Å²) in [5.41, 5.74) is 0. The Morgan fingerprint density at radius 1 is 0.652 bits per heavy atom. The van der Waals surface area contributed by atoms with Crippen molar-refractivity contribution in [3.63, 3.8) is 0 Å². The molecule has 3 nitrogen and oxygen atoms in total. The molecule has 0 aliphatic carbocycles. The van der Waals surface area contributed by atoms with E-state index >= 15 is 0 Å². The minimum absolute atomic E-state index is 0.493. The van der Waals surface area contributed by atoms with Crippen molar-refractivity contribution in [2.75, 3.05) is 39.3 Å². The predicted molar refractivity (Wildman–Crippen MR) is 99.7 cm³/mol. The second-order valence-electron chi connectivity index (χ2n) is 7.15. The van der Waals surface area contributed by atoms with E-state index in [9.17, 15) is 4.79 Å². The monoisotopic (exact) mass is 323 g/mol. The summed E-state index contributed by atoms with van der Waals surface area (Å²) in [6.07, 6.45) is 19.0. The zero-order valence-corrected chi connectivity index (χ0v) is 15.5. The summed E-state index contributed by atoms with van der Waals surface area (Å²) in [4.78, 5) is 15.1. The van der Waals surface area contributed by atoms with E-state index in [-0.39, 0.29) is 0 Å². The van der Waals surface area contributed by atoms with Gasteiger partial charge in [-0.05, 0) is 13.0 Å². The Labute approximate surface area is 144 Å². The molecule has 3 heteroatoms. The van der Waals surface area contributed by atoms with E-state index in [1.807, 2.05) is 6.29 Å². The van der Waals surface area contributed by atoms with E-state index in [0.717, 1.165) is 26.2 Å². The third kappa shape index (κ3) is 11.7. The van der Waals surface area contributed by atoms with Crippen LogP contribution in [0.5, 0.6) is 0 Å². The van der Waals surface area contributed by atoms with Gasteiger partial charge in [0.25, 0.3) is 0 Å². The maximum Gasteiger partial charge on any atom is 0.213 e. The first-order chi connectivity index (χ1) is 11.4. The number of hydrogen-bond donors (Lipinski definition) is 0. The number of carbonyl (C=O) groups excluding carboxylic acids is 1. The number of rotatable bonds is 15. The molecule has 1 fully saturated rings. The fourth-order valence-electron chi connectivity index (χ4n) is 3.44. The van der Waals surface area contributed by atoms with Crippen LogP contribution in [0.3, 0.4) is 0 Å². The number of hydrogen-bond acceptors (Lipinski definition) is 3. The van der Waals surface area contributed by atoms with Gasteiger partial charge in [0.2, 0.25) is 6.29 Å². The van der Waals surface area contributed by atoms with Gasteiger partial charge in [0.1, 0.15) is 0 Å². The maximum absolute atomic E-state index is 10.4. The van der Waals surface area contributed by atoms with Gasteiger partial charge in [0.15, 0.2) is 0 Å². The van der Waals surface area contributed by atoms with Crippen LogP contribution >= 0.6 is 0 Å². The maximum atomic E-state index is 10.4. The lowest BCUT2D eigenvalue weighted by Gasteiger charge is -2.33. The summed E-state index contributed by atoms with van der Waals surface area (Å²) >= 11 is 0. The minimum Gasteiger partial charge on any atom is -0.301 e. The van der Waals surface area contributed by atoms with Gasteiger partial charge in [-0.15, -0.1) is 0 Å². The average molecular weight is 324 g/mol. The summed E-state index contributed by atoms with van der Waals surface area (Å²) in [7, 11) is 0. The number of piperazine rings is 1. The molecule has 0 bridgehead atoms. The largest absolute Gasteiger partial charge is 0.301 e. The molecule has 1 heterocycles. The van der Waals surface area contributed by atoms with E-state index in [2.05, 4.69) is 16.7 Å². The molecule has 1 saturated heterocycles. The Kier molecular flexibility index (Phi) is 13.6. The molecule has 0 unspecified atom stereocenters. The molecule has 1 aliphatic rings. The first-order valence-electron chi connectivity index (χ1n) is 10.2. The molecule has 0 amide bonds.